The van der Waals surface area contributed by atoms with E-state index in [2.05, 4.69) is 25.7 Å². The predicted octanol–water partition coefficient (Wildman–Crippen LogP) is 2.55. The van der Waals surface area contributed by atoms with Gasteiger partial charge in [-0.05, 0) is 32.4 Å². The van der Waals surface area contributed by atoms with Crippen molar-refractivity contribution in [3.63, 3.8) is 0 Å². The maximum Gasteiger partial charge on any atom is 0.0701 e. The highest BCUT2D eigenvalue weighted by Crippen LogP contribution is 1.94. The molecule has 0 heterocycles. The van der Waals surface area contributed by atoms with Gasteiger partial charge >= 0.3 is 0 Å². The highest BCUT2D eigenvalue weighted by Gasteiger charge is 2.01. The van der Waals surface area contributed by atoms with E-state index in [1.165, 1.54) is 25.9 Å². The fraction of sp³-hybridized carbons (Fsp3) is 1.00. The molecule has 0 aliphatic rings. The summed E-state index contributed by atoms with van der Waals surface area (Å²) in [5.41, 5.74) is 0. The Kier molecular flexibility index (Phi) is 12.9. The second kappa shape index (κ2) is 12.9. The highest BCUT2D eigenvalue weighted by molar-refractivity contribution is 4.54. The van der Waals surface area contributed by atoms with E-state index < -0.39 is 0 Å². The first-order chi connectivity index (χ1) is 7.85. The molecule has 0 fully saturated rings. The van der Waals surface area contributed by atoms with Crippen LogP contribution in [0.1, 0.15) is 40.0 Å². The molecule has 0 bridgehead atoms. The average Bonchev–Trinajstić information content (AvgIpc) is 2.28. The number of nitrogens with zero attached hydrogens (tertiary/aromatic N) is 1. The summed E-state index contributed by atoms with van der Waals surface area (Å²) in [6.45, 7) is 13.1. The molecule has 0 saturated carbocycles. The van der Waals surface area contributed by atoms with Crippen molar-refractivity contribution in [3.05, 3.63) is 0 Å². The Labute approximate surface area is 101 Å². The van der Waals surface area contributed by atoms with E-state index in [4.69, 9.17) is 9.47 Å². The van der Waals surface area contributed by atoms with E-state index in [9.17, 15) is 0 Å². The van der Waals surface area contributed by atoms with Gasteiger partial charge in [0, 0.05) is 13.2 Å². The smallest absolute Gasteiger partial charge is 0.0701 e. The summed E-state index contributed by atoms with van der Waals surface area (Å²) in [5, 5.41) is 0. The zero-order valence-corrected chi connectivity index (χ0v) is 11.3. The zero-order chi connectivity index (χ0) is 12.1. The lowest BCUT2D eigenvalue weighted by atomic mass is 10.3. The molecule has 0 aliphatic carbocycles. The maximum absolute atomic E-state index is 5.54. The van der Waals surface area contributed by atoms with E-state index in [0.717, 1.165) is 39.4 Å². The van der Waals surface area contributed by atoms with Gasteiger partial charge in [0.25, 0.3) is 0 Å². The van der Waals surface area contributed by atoms with Gasteiger partial charge in [0.1, 0.15) is 0 Å². The van der Waals surface area contributed by atoms with Crippen molar-refractivity contribution in [2.24, 2.45) is 0 Å². The van der Waals surface area contributed by atoms with Crippen LogP contribution in [-0.2, 0) is 9.47 Å². The van der Waals surface area contributed by atoms with Crippen LogP contribution in [0.15, 0.2) is 0 Å². The standard InChI is InChI=1S/C13H29NO2/c1-4-7-14(8-5-2)9-11-16-13-12-15-10-6-3/h4-13H2,1-3H3. The van der Waals surface area contributed by atoms with Crippen LogP contribution in [0, 0.1) is 0 Å². The summed E-state index contributed by atoms with van der Waals surface area (Å²) in [5.74, 6) is 0. The third kappa shape index (κ3) is 10.4. The first-order valence-corrected chi connectivity index (χ1v) is 6.72. The molecule has 98 valence electrons. The van der Waals surface area contributed by atoms with Crippen molar-refractivity contribution < 1.29 is 9.47 Å². The minimum absolute atomic E-state index is 0.728. The van der Waals surface area contributed by atoms with Crippen LogP contribution in [0.2, 0.25) is 0 Å². The zero-order valence-electron chi connectivity index (χ0n) is 11.3. The summed E-state index contributed by atoms with van der Waals surface area (Å²) in [7, 11) is 0. The molecule has 0 radical (unpaired) electrons. The van der Waals surface area contributed by atoms with Gasteiger partial charge < -0.3 is 14.4 Å². The third-order valence-electron chi connectivity index (χ3n) is 2.35. The summed E-state index contributed by atoms with van der Waals surface area (Å²) >= 11 is 0. The van der Waals surface area contributed by atoms with Crippen molar-refractivity contribution in [2.45, 2.75) is 40.0 Å². The molecule has 0 N–H and O–H groups in total. The van der Waals surface area contributed by atoms with Crippen LogP contribution < -0.4 is 0 Å². The molecule has 0 spiro atoms. The van der Waals surface area contributed by atoms with Crippen LogP contribution in [0.4, 0.5) is 0 Å². The summed E-state index contributed by atoms with van der Waals surface area (Å²) < 4.78 is 10.9. The van der Waals surface area contributed by atoms with Crippen molar-refractivity contribution >= 4 is 0 Å². The first-order valence-electron chi connectivity index (χ1n) is 6.72. The minimum Gasteiger partial charge on any atom is -0.379 e. The quantitative estimate of drug-likeness (QED) is 0.482. The van der Waals surface area contributed by atoms with Crippen molar-refractivity contribution in [3.8, 4) is 0 Å². The van der Waals surface area contributed by atoms with E-state index in [1.54, 1.807) is 0 Å². The highest BCUT2D eigenvalue weighted by atomic mass is 16.5. The Morgan fingerprint density at radius 3 is 1.69 bits per heavy atom. The lowest BCUT2D eigenvalue weighted by Crippen LogP contribution is -2.29. The van der Waals surface area contributed by atoms with Gasteiger partial charge in [0.15, 0.2) is 0 Å². The van der Waals surface area contributed by atoms with Crippen LogP contribution in [0.5, 0.6) is 0 Å². The number of hydrogen-bond donors (Lipinski definition) is 0. The molecule has 3 heteroatoms. The Morgan fingerprint density at radius 2 is 1.19 bits per heavy atom. The predicted molar refractivity (Wildman–Crippen MR) is 69.0 cm³/mol. The summed E-state index contributed by atoms with van der Waals surface area (Å²) in [6.07, 6.45) is 3.53. The van der Waals surface area contributed by atoms with Crippen LogP contribution in [0.3, 0.4) is 0 Å². The molecule has 0 aromatic carbocycles. The molecule has 0 aromatic heterocycles. The largest absolute Gasteiger partial charge is 0.379 e. The maximum atomic E-state index is 5.54. The normalized spacial score (nSPS) is 11.2. The number of ether oxygens (including phenoxy) is 2. The van der Waals surface area contributed by atoms with Gasteiger partial charge in [0.05, 0.1) is 19.8 Å². The van der Waals surface area contributed by atoms with Gasteiger partial charge in [-0.2, -0.15) is 0 Å². The van der Waals surface area contributed by atoms with Gasteiger partial charge in [-0.1, -0.05) is 20.8 Å². The second-order valence-electron chi connectivity index (χ2n) is 4.07. The van der Waals surface area contributed by atoms with Crippen LogP contribution in [0.25, 0.3) is 0 Å². The van der Waals surface area contributed by atoms with Gasteiger partial charge in [-0.25, -0.2) is 0 Å². The molecule has 16 heavy (non-hydrogen) atoms. The Morgan fingerprint density at radius 1 is 0.625 bits per heavy atom. The van der Waals surface area contributed by atoms with Crippen molar-refractivity contribution in [2.75, 3.05) is 46.1 Å². The van der Waals surface area contributed by atoms with Gasteiger partial charge in [0.2, 0.25) is 0 Å². The van der Waals surface area contributed by atoms with Crippen molar-refractivity contribution in [1.82, 2.24) is 4.90 Å². The monoisotopic (exact) mass is 231 g/mol. The fourth-order valence-corrected chi connectivity index (χ4v) is 1.63. The molecule has 0 aliphatic heterocycles. The van der Waals surface area contributed by atoms with Crippen molar-refractivity contribution in [1.29, 1.82) is 0 Å². The number of hydrogen-bond acceptors (Lipinski definition) is 3. The van der Waals surface area contributed by atoms with E-state index in [1.807, 2.05) is 0 Å². The van der Waals surface area contributed by atoms with E-state index in [-0.39, 0.29) is 0 Å². The molecule has 0 saturated heterocycles. The van der Waals surface area contributed by atoms with Gasteiger partial charge in [-0.15, -0.1) is 0 Å². The Hall–Kier alpha value is -0.120. The number of rotatable bonds is 12. The topological polar surface area (TPSA) is 21.7 Å². The second-order valence-corrected chi connectivity index (χ2v) is 4.07. The van der Waals surface area contributed by atoms with E-state index in [0.29, 0.717) is 0 Å². The first kappa shape index (κ1) is 15.9. The molecular formula is C13H29NO2. The summed E-state index contributed by atoms with van der Waals surface area (Å²) in [6, 6.07) is 0. The van der Waals surface area contributed by atoms with Crippen LogP contribution >= 0.6 is 0 Å². The van der Waals surface area contributed by atoms with Gasteiger partial charge in [-0.3, -0.25) is 0 Å². The molecule has 0 aromatic rings. The lowest BCUT2D eigenvalue weighted by molar-refractivity contribution is 0.0388. The average molecular weight is 231 g/mol. The SMILES string of the molecule is CCCOCCOCCN(CCC)CCC. The lowest BCUT2D eigenvalue weighted by Gasteiger charge is -2.20. The third-order valence-corrected chi connectivity index (χ3v) is 2.35. The molecular weight excluding hydrogens is 202 g/mol. The fourth-order valence-electron chi connectivity index (χ4n) is 1.63. The molecule has 0 unspecified atom stereocenters. The Bertz CT molecular complexity index is 125. The molecule has 0 atom stereocenters. The minimum atomic E-state index is 0.728. The summed E-state index contributed by atoms with van der Waals surface area (Å²) in [4.78, 5) is 2.47. The molecule has 0 amide bonds. The molecule has 0 rings (SSSR count). The van der Waals surface area contributed by atoms with E-state index >= 15 is 0 Å². The molecule has 3 nitrogen and oxygen atoms in total. The Balaban J connectivity index is 3.25. The van der Waals surface area contributed by atoms with Crippen LogP contribution in [-0.4, -0.2) is 51.0 Å².